The number of furan rings is 1. The van der Waals surface area contributed by atoms with Crippen LogP contribution < -0.4 is 10.2 Å². The molecule has 1 amide bonds. The number of halogens is 1. The molecule has 32 heavy (non-hydrogen) atoms. The van der Waals surface area contributed by atoms with Crippen LogP contribution in [0, 0.1) is 17.2 Å². The number of amides is 1. The lowest BCUT2D eigenvalue weighted by molar-refractivity contribution is -0.125. The fraction of sp³-hybridized carbons (Fsp3) is 0.273. The minimum absolute atomic E-state index is 0.0113. The number of imidazole rings is 1. The van der Waals surface area contributed by atoms with Crippen molar-refractivity contribution < 1.29 is 13.6 Å². The SMILES string of the molecule is N#Cc1nc(-c2ccco2)oc1N1CCC(C(=O)NCc2cn3cc(Br)ccc3n2)CC1. The van der Waals surface area contributed by atoms with E-state index in [0.717, 1.165) is 15.8 Å². The number of carbonyl (C=O) groups excluding carboxylic acids is 1. The molecule has 0 unspecified atom stereocenters. The molecular formula is C22H19BrN6O3. The Balaban J connectivity index is 1.19. The highest BCUT2D eigenvalue weighted by molar-refractivity contribution is 9.10. The molecule has 5 rings (SSSR count). The highest BCUT2D eigenvalue weighted by atomic mass is 79.9. The molecule has 0 saturated carbocycles. The number of nitrogens with one attached hydrogen (secondary N) is 1. The van der Waals surface area contributed by atoms with Crippen LogP contribution in [-0.4, -0.2) is 33.4 Å². The second-order valence-corrected chi connectivity index (χ2v) is 8.50. The van der Waals surface area contributed by atoms with Crippen LogP contribution in [0.25, 0.3) is 17.3 Å². The molecule has 0 aliphatic carbocycles. The first-order valence-electron chi connectivity index (χ1n) is 10.2. The summed E-state index contributed by atoms with van der Waals surface area (Å²) in [5, 5.41) is 12.4. The molecule has 10 heteroatoms. The smallest absolute Gasteiger partial charge is 0.266 e. The summed E-state index contributed by atoms with van der Waals surface area (Å²) in [5.41, 5.74) is 1.86. The number of pyridine rings is 1. The van der Waals surface area contributed by atoms with E-state index in [9.17, 15) is 10.1 Å². The third-order valence-electron chi connectivity index (χ3n) is 5.51. The summed E-state index contributed by atoms with van der Waals surface area (Å²) < 4.78 is 14.0. The van der Waals surface area contributed by atoms with E-state index < -0.39 is 0 Å². The first-order chi connectivity index (χ1) is 15.6. The molecule has 0 bridgehead atoms. The predicted octanol–water partition coefficient (Wildman–Crippen LogP) is 3.75. The third-order valence-corrected chi connectivity index (χ3v) is 5.98. The zero-order valence-electron chi connectivity index (χ0n) is 17.0. The van der Waals surface area contributed by atoms with Crippen LogP contribution in [0.5, 0.6) is 0 Å². The normalized spacial score (nSPS) is 14.6. The summed E-state index contributed by atoms with van der Waals surface area (Å²) in [7, 11) is 0. The summed E-state index contributed by atoms with van der Waals surface area (Å²) in [6, 6.07) is 9.40. The Kier molecular flexibility index (Phi) is 5.41. The van der Waals surface area contributed by atoms with Gasteiger partial charge in [0.2, 0.25) is 17.5 Å². The van der Waals surface area contributed by atoms with Crippen molar-refractivity contribution in [1.29, 1.82) is 5.26 Å². The Labute approximate surface area is 191 Å². The molecule has 0 radical (unpaired) electrons. The number of anilines is 1. The maximum atomic E-state index is 12.7. The first kappa shape index (κ1) is 20.3. The Morgan fingerprint density at radius 2 is 2.09 bits per heavy atom. The highest BCUT2D eigenvalue weighted by Gasteiger charge is 2.29. The Morgan fingerprint density at radius 3 is 2.84 bits per heavy atom. The van der Waals surface area contributed by atoms with Crippen molar-refractivity contribution in [1.82, 2.24) is 19.7 Å². The summed E-state index contributed by atoms with van der Waals surface area (Å²) >= 11 is 3.44. The van der Waals surface area contributed by atoms with Gasteiger partial charge in [-0.2, -0.15) is 10.2 Å². The Morgan fingerprint density at radius 1 is 1.25 bits per heavy atom. The number of nitrogens with zero attached hydrogens (tertiary/aromatic N) is 5. The third kappa shape index (κ3) is 3.99. The summed E-state index contributed by atoms with van der Waals surface area (Å²) in [6.45, 7) is 1.58. The number of hydrogen-bond acceptors (Lipinski definition) is 7. The molecule has 4 aromatic rings. The topological polar surface area (TPSA) is 113 Å². The molecule has 9 nitrogen and oxygen atoms in total. The van der Waals surface area contributed by atoms with E-state index in [-0.39, 0.29) is 23.4 Å². The van der Waals surface area contributed by atoms with Gasteiger partial charge in [0.05, 0.1) is 18.5 Å². The molecule has 1 aliphatic heterocycles. The second-order valence-electron chi connectivity index (χ2n) is 7.59. The van der Waals surface area contributed by atoms with Gasteiger partial charge in [0.1, 0.15) is 11.7 Å². The molecule has 0 aromatic carbocycles. The van der Waals surface area contributed by atoms with Crippen LogP contribution in [0.2, 0.25) is 0 Å². The molecule has 1 saturated heterocycles. The number of hydrogen-bond donors (Lipinski definition) is 1. The second kappa shape index (κ2) is 8.51. The Bertz CT molecular complexity index is 1300. The van der Waals surface area contributed by atoms with E-state index in [1.54, 1.807) is 12.1 Å². The van der Waals surface area contributed by atoms with Crippen LogP contribution in [0.4, 0.5) is 5.88 Å². The average Bonchev–Trinajstić information content (AvgIpc) is 3.56. The number of nitriles is 1. The van der Waals surface area contributed by atoms with Crippen molar-refractivity contribution in [3.05, 3.63) is 58.8 Å². The summed E-state index contributed by atoms with van der Waals surface area (Å²) in [4.78, 5) is 23.4. The highest BCUT2D eigenvalue weighted by Crippen LogP contribution is 2.31. The van der Waals surface area contributed by atoms with Gasteiger partial charge in [-0.3, -0.25) is 4.79 Å². The molecule has 1 fully saturated rings. The molecular weight excluding hydrogens is 476 g/mol. The van der Waals surface area contributed by atoms with Gasteiger partial charge in [-0.15, -0.1) is 0 Å². The zero-order valence-corrected chi connectivity index (χ0v) is 18.6. The van der Waals surface area contributed by atoms with Crippen molar-refractivity contribution in [2.24, 2.45) is 5.92 Å². The van der Waals surface area contributed by atoms with Gasteiger partial charge in [-0.25, -0.2) is 4.98 Å². The summed E-state index contributed by atoms with van der Waals surface area (Å²) in [5.74, 6) is 1.09. The minimum Gasteiger partial charge on any atom is -0.459 e. The minimum atomic E-state index is -0.101. The van der Waals surface area contributed by atoms with Crippen molar-refractivity contribution in [3.8, 4) is 17.7 Å². The van der Waals surface area contributed by atoms with Crippen LogP contribution >= 0.6 is 15.9 Å². The monoisotopic (exact) mass is 494 g/mol. The predicted molar refractivity (Wildman–Crippen MR) is 119 cm³/mol. The number of aromatic nitrogens is 3. The number of oxazole rings is 1. The quantitative estimate of drug-likeness (QED) is 0.449. The van der Waals surface area contributed by atoms with Crippen molar-refractivity contribution in [3.63, 3.8) is 0 Å². The fourth-order valence-electron chi connectivity index (χ4n) is 3.87. The maximum Gasteiger partial charge on any atom is 0.266 e. The largest absolute Gasteiger partial charge is 0.459 e. The summed E-state index contributed by atoms with van der Waals surface area (Å²) in [6.07, 6.45) is 6.68. The Hall–Kier alpha value is -3.58. The van der Waals surface area contributed by atoms with Crippen molar-refractivity contribution in [2.75, 3.05) is 18.0 Å². The van der Waals surface area contributed by atoms with Gasteiger partial charge in [0.15, 0.2) is 5.76 Å². The molecule has 162 valence electrons. The van der Waals surface area contributed by atoms with E-state index in [1.165, 1.54) is 6.26 Å². The van der Waals surface area contributed by atoms with Crippen LogP contribution in [-0.2, 0) is 11.3 Å². The van der Waals surface area contributed by atoms with Gasteiger partial charge in [-0.1, -0.05) is 0 Å². The van der Waals surface area contributed by atoms with Crippen molar-refractivity contribution >= 4 is 33.4 Å². The zero-order chi connectivity index (χ0) is 22.1. The molecule has 0 atom stereocenters. The molecule has 5 heterocycles. The lowest BCUT2D eigenvalue weighted by atomic mass is 9.96. The molecule has 0 spiro atoms. The molecule has 1 aliphatic rings. The molecule has 4 aromatic heterocycles. The van der Waals surface area contributed by atoms with Crippen LogP contribution in [0.3, 0.4) is 0 Å². The lowest BCUT2D eigenvalue weighted by Crippen LogP contribution is -2.40. The van der Waals surface area contributed by atoms with E-state index in [0.29, 0.717) is 44.1 Å². The van der Waals surface area contributed by atoms with Gasteiger partial charge >= 0.3 is 0 Å². The van der Waals surface area contributed by atoms with E-state index in [1.807, 2.05) is 33.8 Å². The van der Waals surface area contributed by atoms with Crippen LogP contribution in [0.15, 0.2) is 56.2 Å². The fourth-order valence-corrected chi connectivity index (χ4v) is 4.23. The number of carbonyl (C=O) groups is 1. The van der Waals surface area contributed by atoms with Crippen molar-refractivity contribution in [2.45, 2.75) is 19.4 Å². The average molecular weight is 495 g/mol. The van der Waals surface area contributed by atoms with E-state index in [2.05, 4.69) is 37.3 Å². The van der Waals surface area contributed by atoms with E-state index in [4.69, 9.17) is 8.83 Å². The number of piperidine rings is 1. The number of fused-ring (bicyclic) bond motifs is 1. The van der Waals surface area contributed by atoms with Gasteiger partial charge in [0, 0.05) is 35.9 Å². The number of rotatable bonds is 5. The van der Waals surface area contributed by atoms with Gasteiger partial charge in [-0.05, 0) is 53.0 Å². The van der Waals surface area contributed by atoms with Gasteiger partial charge < -0.3 is 23.5 Å². The van der Waals surface area contributed by atoms with E-state index >= 15 is 0 Å². The van der Waals surface area contributed by atoms with Crippen LogP contribution in [0.1, 0.15) is 24.2 Å². The lowest BCUT2D eigenvalue weighted by Gasteiger charge is -2.30. The molecule has 1 N–H and O–H groups in total. The first-order valence-corrected chi connectivity index (χ1v) is 11.0. The van der Waals surface area contributed by atoms with Gasteiger partial charge in [0.25, 0.3) is 5.89 Å². The standard InChI is InChI=1S/C22H19BrN6O3/c23-15-3-4-19-26-16(13-29(19)12-15)11-25-20(30)14-5-7-28(8-6-14)22-17(10-24)27-21(32-22)18-2-1-9-31-18/h1-4,9,12-14H,5-8,11H2,(H,25,30). The maximum absolute atomic E-state index is 12.7.